The van der Waals surface area contributed by atoms with Crippen LogP contribution < -0.4 is 5.32 Å². The lowest BCUT2D eigenvalue weighted by molar-refractivity contribution is 0.0409. The monoisotopic (exact) mass is 333 g/mol. The Morgan fingerprint density at radius 1 is 1.24 bits per heavy atom. The van der Waals surface area contributed by atoms with Crippen molar-refractivity contribution in [2.45, 2.75) is 39.7 Å². The van der Waals surface area contributed by atoms with Crippen molar-refractivity contribution in [1.29, 1.82) is 0 Å². The maximum absolute atomic E-state index is 9.87. The number of aryl methyl sites for hydroxylation is 1. The molecule has 1 atom stereocenters. The second kappa shape index (κ2) is 9.52. The average molecular weight is 334 g/mol. The van der Waals surface area contributed by atoms with Crippen molar-refractivity contribution < 1.29 is 9.84 Å². The fraction of sp³-hybridized carbons (Fsp3) is 0.625. The molecule has 3 nitrogen and oxygen atoms in total. The van der Waals surface area contributed by atoms with E-state index >= 15 is 0 Å². The maximum atomic E-state index is 9.87. The molecule has 0 saturated heterocycles. The van der Waals surface area contributed by atoms with E-state index in [0.717, 1.165) is 24.1 Å². The molecule has 120 valence electrons. The second-order valence-corrected chi connectivity index (χ2v) is 6.54. The number of rotatable bonds is 9. The minimum Gasteiger partial charge on any atom is -0.389 e. The highest BCUT2D eigenvalue weighted by molar-refractivity contribution is 6.35. The lowest BCUT2D eigenvalue weighted by Gasteiger charge is -2.15. The number of halogens is 2. The molecule has 1 aromatic carbocycles. The molecular formula is C16H25Cl2NO2. The van der Waals surface area contributed by atoms with Gasteiger partial charge in [0.1, 0.15) is 0 Å². The third kappa shape index (κ3) is 7.37. The second-order valence-electron chi connectivity index (χ2n) is 5.73. The van der Waals surface area contributed by atoms with Crippen molar-refractivity contribution >= 4 is 28.9 Å². The van der Waals surface area contributed by atoms with Crippen molar-refractivity contribution in [3.63, 3.8) is 0 Å². The lowest BCUT2D eigenvalue weighted by atomic mass is 10.1. The molecule has 2 N–H and O–H groups in total. The molecule has 0 aliphatic rings. The molecule has 0 aromatic heterocycles. The van der Waals surface area contributed by atoms with Crippen LogP contribution in [0.25, 0.3) is 0 Å². The third-order valence-electron chi connectivity index (χ3n) is 3.16. The largest absolute Gasteiger partial charge is 0.389 e. The number of nitrogens with one attached hydrogen (secondary N) is 1. The summed E-state index contributed by atoms with van der Waals surface area (Å²) in [6.45, 7) is 7.67. The summed E-state index contributed by atoms with van der Waals surface area (Å²) in [5, 5.41) is 14.2. The van der Waals surface area contributed by atoms with Crippen LogP contribution in [0.5, 0.6) is 0 Å². The van der Waals surface area contributed by atoms with Gasteiger partial charge in [-0.25, -0.2) is 0 Å². The van der Waals surface area contributed by atoms with Gasteiger partial charge in [0, 0.05) is 18.2 Å². The summed E-state index contributed by atoms with van der Waals surface area (Å²) in [5.74, 6) is 0.689. The van der Waals surface area contributed by atoms with Gasteiger partial charge in [-0.05, 0) is 43.4 Å². The van der Waals surface area contributed by atoms with Gasteiger partial charge in [0.05, 0.1) is 23.4 Å². The van der Waals surface area contributed by atoms with Crippen LogP contribution in [-0.4, -0.2) is 31.0 Å². The molecule has 0 spiro atoms. The van der Waals surface area contributed by atoms with Crippen LogP contribution >= 0.6 is 23.2 Å². The molecule has 1 rings (SSSR count). The molecule has 0 aliphatic heterocycles. The van der Waals surface area contributed by atoms with E-state index in [2.05, 4.69) is 19.2 Å². The van der Waals surface area contributed by atoms with Crippen LogP contribution in [0.15, 0.2) is 12.1 Å². The highest BCUT2D eigenvalue weighted by atomic mass is 35.5. The maximum Gasteiger partial charge on any atom is 0.0945 e. The van der Waals surface area contributed by atoms with Crippen LogP contribution in [0, 0.1) is 12.8 Å². The Kier molecular flexibility index (Phi) is 8.42. The standard InChI is InChI=1S/C16H25Cl2NO2/c1-11(2)5-4-6-21-10-13(20)9-19-16-8-14(17)12(3)7-15(16)18/h7-8,11,13,19-20H,4-6,9-10H2,1-3H3. The first-order valence-corrected chi connectivity index (χ1v) is 8.11. The molecule has 0 amide bonds. The molecule has 21 heavy (non-hydrogen) atoms. The highest BCUT2D eigenvalue weighted by Gasteiger charge is 2.08. The van der Waals surface area contributed by atoms with Gasteiger partial charge < -0.3 is 15.2 Å². The first-order valence-electron chi connectivity index (χ1n) is 7.35. The zero-order chi connectivity index (χ0) is 15.8. The van der Waals surface area contributed by atoms with Crippen LogP contribution in [-0.2, 0) is 4.74 Å². The van der Waals surface area contributed by atoms with Crippen LogP contribution in [0.3, 0.4) is 0 Å². The van der Waals surface area contributed by atoms with Crippen LogP contribution in [0.1, 0.15) is 32.3 Å². The molecule has 5 heteroatoms. The van der Waals surface area contributed by atoms with E-state index in [1.165, 1.54) is 0 Å². The number of aliphatic hydroxyl groups excluding tert-OH is 1. The quantitative estimate of drug-likeness (QED) is 0.652. The molecule has 1 unspecified atom stereocenters. The van der Waals surface area contributed by atoms with Gasteiger partial charge in [-0.3, -0.25) is 0 Å². The number of ether oxygens (including phenoxy) is 1. The molecule has 0 bridgehead atoms. The SMILES string of the molecule is Cc1cc(Cl)c(NCC(O)COCCCC(C)C)cc1Cl. The Balaban J connectivity index is 2.27. The Morgan fingerprint density at radius 3 is 2.62 bits per heavy atom. The summed E-state index contributed by atoms with van der Waals surface area (Å²) in [5.41, 5.74) is 1.66. The zero-order valence-corrected chi connectivity index (χ0v) is 14.5. The van der Waals surface area contributed by atoms with Crippen molar-refractivity contribution in [2.75, 3.05) is 25.1 Å². The van der Waals surface area contributed by atoms with Crippen molar-refractivity contribution in [3.05, 3.63) is 27.7 Å². The summed E-state index contributed by atoms with van der Waals surface area (Å²) in [6.07, 6.45) is 1.60. The van der Waals surface area contributed by atoms with Crippen LogP contribution in [0.4, 0.5) is 5.69 Å². The number of anilines is 1. The normalized spacial score (nSPS) is 12.7. The number of hydrogen-bond acceptors (Lipinski definition) is 3. The van der Waals surface area contributed by atoms with Gasteiger partial charge in [-0.1, -0.05) is 37.0 Å². The predicted octanol–water partition coefficient (Wildman–Crippen LogP) is 4.53. The van der Waals surface area contributed by atoms with E-state index in [9.17, 15) is 5.11 Å². The molecule has 0 radical (unpaired) electrons. The summed E-state index contributed by atoms with van der Waals surface area (Å²) in [4.78, 5) is 0. The smallest absolute Gasteiger partial charge is 0.0945 e. The van der Waals surface area contributed by atoms with Gasteiger partial charge in [0.15, 0.2) is 0 Å². The Hall–Kier alpha value is -0.480. The molecular weight excluding hydrogens is 309 g/mol. The molecule has 1 aromatic rings. The predicted molar refractivity (Wildman–Crippen MR) is 90.6 cm³/mol. The van der Waals surface area contributed by atoms with E-state index in [1.807, 2.05) is 6.92 Å². The number of benzene rings is 1. The van der Waals surface area contributed by atoms with Crippen LogP contribution in [0.2, 0.25) is 10.0 Å². The average Bonchev–Trinajstić information content (AvgIpc) is 2.40. The minimum absolute atomic E-state index is 0.322. The van der Waals surface area contributed by atoms with Crippen molar-refractivity contribution in [2.24, 2.45) is 5.92 Å². The minimum atomic E-state index is -0.569. The van der Waals surface area contributed by atoms with Crippen molar-refractivity contribution in [3.8, 4) is 0 Å². The van der Waals surface area contributed by atoms with Gasteiger partial charge in [-0.2, -0.15) is 0 Å². The zero-order valence-electron chi connectivity index (χ0n) is 13.0. The third-order valence-corrected chi connectivity index (χ3v) is 3.88. The van der Waals surface area contributed by atoms with Gasteiger partial charge >= 0.3 is 0 Å². The number of hydrogen-bond donors (Lipinski definition) is 2. The number of aliphatic hydroxyl groups is 1. The first kappa shape index (κ1) is 18.6. The van der Waals surface area contributed by atoms with E-state index < -0.39 is 6.10 Å². The van der Waals surface area contributed by atoms with Crippen molar-refractivity contribution in [1.82, 2.24) is 0 Å². The summed E-state index contributed by atoms with van der Waals surface area (Å²) >= 11 is 12.2. The Morgan fingerprint density at radius 2 is 1.95 bits per heavy atom. The van der Waals surface area contributed by atoms with Gasteiger partial charge in [0.2, 0.25) is 0 Å². The van der Waals surface area contributed by atoms with E-state index in [0.29, 0.717) is 35.7 Å². The lowest BCUT2D eigenvalue weighted by Crippen LogP contribution is -2.25. The summed E-state index contributed by atoms with van der Waals surface area (Å²) in [7, 11) is 0. The Bertz CT molecular complexity index is 439. The summed E-state index contributed by atoms with van der Waals surface area (Å²) < 4.78 is 5.46. The fourth-order valence-electron chi connectivity index (χ4n) is 1.88. The van der Waals surface area contributed by atoms with E-state index in [4.69, 9.17) is 27.9 Å². The van der Waals surface area contributed by atoms with E-state index in [-0.39, 0.29) is 0 Å². The van der Waals surface area contributed by atoms with Gasteiger partial charge in [-0.15, -0.1) is 0 Å². The topological polar surface area (TPSA) is 41.5 Å². The molecule has 0 fully saturated rings. The Labute approximate surface area is 137 Å². The van der Waals surface area contributed by atoms with E-state index in [1.54, 1.807) is 12.1 Å². The first-order chi connectivity index (χ1) is 9.90. The van der Waals surface area contributed by atoms with Gasteiger partial charge in [0.25, 0.3) is 0 Å². The highest BCUT2D eigenvalue weighted by Crippen LogP contribution is 2.28. The molecule has 0 heterocycles. The molecule has 0 aliphatic carbocycles. The molecule has 0 saturated carbocycles. The summed E-state index contributed by atoms with van der Waals surface area (Å²) in [6, 6.07) is 3.58. The fourth-order valence-corrected chi connectivity index (χ4v) is 2.33.